The highest BCUT2D eigenvalue weighted by Crippen LogP contribution is 2.50. The van der Waals surface area contributed by atoms with Gasteiger partial charge in [0.25, 0.3) is 0 Å². The molecule has 0 bridgehead atoms. The Hall–Kier alpha value is -3.08. The Labute approximate surface area is 164 Å². The van der Waals surface area contributed by atoms with Crippen molar-refractivity contribution in [2.24, 2.45) is 5.92 Å². The van der Waals surface area contributed by atoms with E-state index in [2.05, 4.69) is 17.5 Å². The fourth-order valence-electron chi connectivity index (χ4n) is 4.26. The van der Waals surface area contributed by atoms with Gasteiger partial charge in [-0.2, -0.15) is 0 Å². The Bertz CT molecular complexity index is 979. The summed E-state index contributed by atoms with van der Waals surface area (Å²) in [5, 5.41) is 3.65. The van der Waals surface area contributed by atoms with Crippen LogP contribution in [0.15, 0.2) is 48.6 Å². The van der Waals surface area contributed by atoms with Gasteiger partial charge in [-0.25, -0.2) is 0 Å². The number of methoxy groups -OCH3 is 1. The quantitative estimate of drug-likeness (QED) is 0.364. The Morgan fingerprint density at radius 1 is 1.07 bits per heavy atom. The van der Waals surface area contributed by atoms with Crippen LogP contribution in [0.1, 0.15) is 53.7 Å². The number of fused-ring (bicyclic) bond motifs is 3. The summed E-state index contributed by atoms with van der Waals surface area (Å²) in [4.78, 5) is 23.1. The van der Waals surface area contributed by atoms with Crippen molar-refractivity contribution in [1.82, 2.24) is 0 Å². The lowest BCUT2D eigenvalue weighted by Crippen LogP contribution is -2.29. The van der Waals surface area contributed by atoms with Gasteiger partial charge in [-0.15, -0.1) is 0 Å². The van der Waals surface area contributed by atoms with Gasteiger partial charge >= 0.3 is 5.97 Å². The minimum absolute atomic E-state index is 0.0780. The number of hydrogen-bond donors (Lipinski definition) is 1. The first-order valence-electron chi connectivity index (χ1n) is 9.42. The molecule has 0 saturated carbocycles. The van der Waals surface area contributed by atoms with E-state index in [1.807, 2.05) is 30.3 Å². The Morgan fingerprint density at radius 2 is 1.89 bits per heavy atom. The minimum Gasteiger partial charge on any atom is -0.493 e. The summed E-state index contributed by atoms with van der Waals surface area (Å²) >= 11 is 0. The largest absolute Gasteiger partial charge is 0.493 e. The molecule has 0 saturated heterocycles. The summed E-state index contributed by atoms with van der Waals surface area (Å²) in [6.45, 7) is 2.97. The summed E-state index contributed by atoms with van der Waals surface area (Å²) in [6, 6.07) is 11.7. The van der Waals surface area contributed by atoms with Gasteiger partial charge in [0, 0.05) is 24.1 Å². The first kappa shape index (κ1) is 18.3. The number of ketones is 1. The van der Waals surface area contributed by atoms with Gasteiger partial charge in [0.15, 0.2) is 17.3 Å². The highest BCUT2D eigenvalue weighted by Gasteiger charge is 2.38. The molecule has 2 aromatic carbocycles. The van der Waals surface area contributed by atoms with E-state index in [9.17, 15) is 9.59 Å². The predicted octanol–water partition coefficient (Wildman–Crippen LogP) is 4.65. The third-order valence-corrected chi connectivity index (χ3v) is 5.57. The monoisotopic (exact) mass is 377 g/mol. The molecule has 144 valence electrons. The SMILES string of the molecule is COc1cc(C2Nc3ccc(C(C)=O)cc3C3C=CCC32)ccc1OC(C)=O. The van der Waals surface area contributed by atoms with Crippen LogP contribution in [0.4, 0.5) is 5.69 Å². The summed E-state index contributed by atoms with van der Waals surface area (Å²) in [6.07, 6.45) is 5.41. The second-order valence-corrected chi connectivity index (χ2v) is 7.34. The number of Topliss-reactive ketones (excluding diaryl/α,β-unsaturated/α-hetero) is 1. The van der Waals surface area contributed by atoms with E-state index in [0.29, 0.717) is 17.4 Å². The molecule has 3 unspecified atom stereocenters. The van der Waals surface area contributed by atoms with Crippen LogP contribution in [0.25, 0.3) is 0 Å². The third-order valence-electron chi connectivity index (χ3n) is 5.57. The highest BCUT2D eigenvalue weighted by atomic mass is 16.6. The number of nitrogens with one attached hydrogen (secondary N) is 1. The van der Waals surface area contributed by atoms with Crippen molar-refractivity contribution < 1.29 is 19.1 Å². The molecule has 0 aromatic heterocycles. The maximum Gasteiger partial charge on any atom is 0.308 e. The molecule has 1 heterocycles. The average molecular weight is 377 g/mol. The molecule has 28 heavy (non-hydrogen) atoms. The first-order chi connectivity index (χ1) is 13.5. The highest BCUT2D eigenvalue weighted by molar-refractivity contribution is 5.95. The standard InChI is InChI=1S/C23H23NO4/c1-13(25)15-7-9-20-19(11-15)17-5-4-6-18(17)23(24-20)16-8-10-21(28-14(2)26)22(12-16)27-3/h4-5,7-12,17-18,23-24H,6H2,1-3H3. The van der Waals surface area contributed by atoms with E-state index in [4.69, 9.17) is 9.47 Å². The second kappa shape index (κ2) is 7.15. The summed E-state index contributed by atoms with van der Waals surface area (Å²) in [5.74, 6) is 1.27. The number of rotatable bonds is 4. The van der Waals surface area contributed by atoms with Crippen LogP contribution in [0.2, 0.25) is 0 Å². The molecule has 4 rings (SSSR count). The maximum absolute atomic E-state index is 11.8. The van der Waals surface area contributed by atoms with Crippen molar-refractivity contribution in [2.75, 3.05) is 12.4 Å². The zero-order valence-corrected chi connectivity index (χ0v) is 16.2. The maximum atomic E-state index is 11.8. The molecule has 2 aromatic rings. The van der Waals surface area contributed by atoms with E-state index in [0.717, 1.165) is 23.2 Å². The van der Waals surface area contributed by atoms with Crippen LogP contribution in [0, 0.1) is 5.92 Å². The van der Waals surface area contributed by atoms with Crippen LogP contribution in [0.5, 0.6) is 11.5 Å². The van der Waals surface area contributed by atoms with Gasteiger partial charge < -0.3 is 14.8 Å². The van der Waals surface area contributed by atoms with Crippen molar-refractivity contribution in [3.8, 4) is 11.5 Å². The van der Waals surface area contributed by atoms with Gasteiger partial charge in [0.1, 0.15) is 0 Å². The van der Waals surface area contributed by atoms with Gasteiger partial charge in [-0.05, 0) is 60.7 Å². The number of carbonyl (C=O) groups excluding carboxylic acids is 2. The zero-order valence-electron chi connectivity index (χ0n) is 16.2. The fraction of sp³-hybridized carbons (Fsp3) is 0.304. The summed E-state index contributed by atoms with van der Waals surface area (Å²) in [5.41, 5.74) is 4.04. The molecular weight excluding hydrogens is 354 g/mol. The van der Waals surface area contributed by atoms with Crippen molar-refractivity contribution in [3.05, 3.63) is 65.2 Å². The minimum atomic E-state index is -0.378. The van der Waals surface area contributed by atoms with E-state index >= 15 is 0 Å². The van der Waals surface area contributed by atoms with Gasteiger partial charge in [-0.1, -0.05) is 18.2 Å². The number of allylic oxidation sites excluding steroid dienone is 2. The molecule has 1 N–H and O–H groups in total. The molecule has 5 heteroatoms. The van der Waals surface area contributed by atoms with E-state index in [-0.39, 0.29) is 23.7 Å². The fourth-order valence-corrected chi connectivity index (χ4v) is 4.26. The molecule has 1 aliphatic heterocycles. The van der Waals surface area contributed by atoms with Crippen molar-refractivity contribution in [1.29, 1.82) is 0 Å². The van der Waals surface area contributed by atoms with Gasteiger partial charge in [-0.3, -0.25) is 9.59 Å². The molecule has 0 spiro atoms. The molecule has 0 amide bonds. The lowest BCUT2D eigenvalue weighted by molar-refractivity contribution is -0.132. The zero-order chi connectivity index (χ0) is 19.8. The van der Waals surface area contributed by atoms with Gasteiger partial charge in [0.2, 0.25) is 0 Å². The average Bonchev–Trinajstić information content (AvgIpc) is 3.17. The number of hydrogen-bond acceptors (Lipinski definition) is 5. The Morgan fingerprint density at radius 3 is 2.61 bits per heavy atom. The number of benzene rings is 2. The van der Waals surface area contributed by atoms with E-state index in [1.54, 1.807) is 20.1 Å². The molecule has 1 aliphatic carbocycles. The summed E-state index contributed by atoms with van der Waals surface area (Å²) < 4.78 is 10.7. The van der Waals surface area contributed by atoms with Crippen LogP contribution in [-0.4, -0.2) is 18.9 Å². The molecule has 0 radical (unpaired) electrons. The lowest BCUT2D eigenvalue weighted by Gasteiger charge is -2.38. The molecule has 2 aliphatic rings. The second-order valence-electron chi connectivity index (χ2n) is 7.34. The lowest BCUT2D eigenvalue weighted by atomic mass is 9.76. The first-order valence-corrected chi connectivity index (χ1v) is 9.42. The van der Waals surface area contributed by atoms with Crippen LogP contribution >= 0.6 is 0 Å². The number of anilines is 1. The number of carbonyl (C=O) groups is 2. The van der Waals surface area contributed by atoms with E-state index in [1.165, 1.54) is 12.5 Å². The Balaban J connectivity index is 1.72. The number of esters is 1. The summed E-state index contributed by atoms with van der Waals surface area (Å²) in [7, 11) is 1.57. The molecule has 3 atom stereocenters. The van der Waals surface area contributed by atoms with Crippen molar-refractivity contribution in [3.63, 3.8) is 0 Å². The molecule has 0 fully saturated rings. The predicted molar refractivity (Wildman–Crippen MR) is 107 cm³/mol. The normalized spacial score (nSPS) is 22.0. The Kier molecular flexibility index (Phi) is 4.67. The van der Waals surface area contributed by atoms with Gasteiger partial charge in [0.05, 0.1) is 13.2 Å². The van der Waals surface area contributed by atoms with Crippen molar-refractivity contribution >= 4 is 17.4 Å². The van der Waals surface area contributed by atoms with Crippen molar-refractivity contribution in [2.45, 2.75) is 32.2 Å². The number of ether oxygens (including phenoxy) is 2. The van der Waals surface area contributed by atoms with Crippen LogP contribution in [-0.2, 0) is 4.79 Å². The van der Waals surface area contributed by atoms with Crippen LogP contribution < -0.4 is 14.8 Å². The smallest absolute Gasteiger partial charge is 0.308 e. The molecular formula is C23H23NO4. The van der Waals surface area contributed by atoms with E-state index < -0.39 is 0 Å². The molecule has 5 nitrogen and oxygen atoms in total. The third kappa shape index (κ3) is 3.17. The topological polar surface area (TPSA) is 64.6 Å². The van der Waals surface area contributed by atoms with Crippen LogP contribution in [0.3, 0.4) is 0 Å².